The number of carboxylic acid groups (broad SMARTS) is 2. The smallest absolute Gasteiger partial charge is 0.480 e. The molecule has 1 saturated heterocycles. The van der Waals surface area contributed by atoms with Gasteiger partial charge in [0, 0.05) is 42.7 Å². The Morgan fingerprint density at radius 1 is 0.756 bits per heavy atom. The van der Waals surface area contributed by atoms with E-state index < -0.39 is 117 Å². The SMILES string of the molecule is CC(C)C[C@H](NC(=O)[C@H](C)NC(=O)[C@H](CC(C)C)NC(=O)[C@@H]1CCCN1c1ccc([N+](=O)[O-])cc1[N+](=O)[O-])C(=O)N[C@@H](Cc1c[nH]c2ccccc12)C(=O)N[C@@H](C)C(=O)N[C@@H](CCCN=C(N)N)C(=O)O.O=C(O)C(F)(F)F. The van der Waals surface area contributed by atoms with E-state index in [1.54, 1.807) is 12.3 Å². The van der Waals surface area contributed by atoms with E-state index in [4.69, 9.17) is 21.4 Å². The van der Waals surface area contributed by atoms with Gasteiger partial charge in [-0.3, -0.25) is 54.0 Å². The van der Waals surface area contributed by atoms with Crippen LogP contribution in [-0.2, 0) is 44.8 Å². The van der Waals surface area contributed by atoms with Gasteiger partial charge in [-0.1, -0.05) is 45.9 Å². The second kappa shape index (κ2) is 29.1. The molecule has 2 aromatic carbocycles. The summed E-state index contributed by atoms with van der Waals surface area (Å²) in [6.07, 6.45) is -2.31. The van der Waals surface area contributed by atoms with Crippen molar-refractivity contribution in [1.82, 2.24) is 36.9 Å². The summed E-state index contributed by atoms with van der Waals surface area (Å²) in [4.78, 5) is 134. The van der Waals surface area contributed by atoms with Gasteiger partial charge in [0.1, 0.15) is 48.0 Å². The van der Waals surface area contributed by atoms with Crippen molar-refractivity contribution in [1.29, 1.82) is 0 Å². The van der Waals surface area contributed by atoms with Crippen LogP contribution in [0.15, 0.2) is 53.7 Å². The van der Waals surface area contributed by atoms with E-state index in [2.05, 4.69) is 41.9 Å². The van der Waals surface area contributed by atoms with Crippen LogP contribution in [0.1, 0.15) is 85.6 Å². The van der Waals surface area contributed by atoms with Gasteiger partial charge in [-0.15, -0.1) is 0 Å². The number of nitro benzene ring substituents is 2. The van der Waals surface area contributed by atoms with Gasteiger partial charge in [-0.2, -0.15) is 13.2 Å². The molecular formula is C48H66F3N13O14. The summed E-state index contributed by atoms with van der Waals surface area (Å²) in [7, 11) is 0. The number of H-pyrrole nitrogens is 1. The third-order valence-corrected chi connectivity index (χ3v) is 11.9. The van der Waals surface area contributed by atoms with Crippen LogP contribution in [0.5, 0.6) is 0 Å². The van der Waals surface area contributed by atoms with Gasteiger partial charge in [-0.25, -0.2) is 9.59 Å². The monoisotopic (exact) mass is 1110 g/mol. The maximum absolute atomic E-state index is 14.2. The molecule has 0 radical (unpaired) electrons. The number of halogens is 3. The highest BCUT2D eigenvalue weighted by atomic mass is 19.4. The number of nitrogens with zero attached hydrogens (tertiary/aromatic N) is 4. The molecule has 0 saturated carbocycles. The van der Waals surface area contributed by atoms with Crippen LogP contribution in [0.2, 0.25) is 0 Å². The first-order valence-corrected chi connectivity index (χ1v) is 24.6. The number of hydrogen-bond acceptors (Lipinski definition) is 14. The van der Waals surface area contributed by atoms with Crippen molar-refractivity contribution in [2.45, 2.75) is 135 Å². The molecule has 1 fully saturated rings. The number of nitrogens with two attached hydrogens (primary N) is 2. The number of guanidine groups is 1. The fraction of sp³-hybridized carbons (Fsp3) is 0.521. The van der Waals surface area contributed by atoms with Crippen LogP contribution in [0, 0.1) is 32.1 Å². The molecule has 428 valence electrons. The van der Waals surface area contributed by atoms with E-state index in [-0.39, 0.29) is 75.1 Å². The number of anilines is 1. The van der Waals surface area contributed by atoms with E-state index in [0.717, 1.165) is 23.0 Å². The van der Waals surface area contributed by atoms with Crippen molar-refractivity contribution < 1.29 is 71.6 Å². The molecule has 0 aliphatic carbocycles. The van der Waals surface area contributed by atoms with E-state index in [9.17, 15) is 72.1 Å². The van der Waals surface area contributed by atoms with Gasteiger partial charge in [0.05, 0.1) is 15.9 Å². The lowest BCUT2D eigenvalue weighted by Gasteiger charge is -2.29. The highest BCUT2D eigenvalue weighted by Gasteiger charge is 2.39. The molecule has 78 heavy (non-hydrogen) atoms. The molecule has 30 heteroatoms. The Balaban J connectivity index is 0.00000213. The number of carboxylic acids is 2. The van der Waals surface area contributed by atoms with E-state index in [1.807, 2.05) is 45.9 Å². The van der Waals surface area contributed by atoms with Crippen molar-refractivity contribution in [2.75, 3.05) is 18.0 Å². The Kier molecular flexibility index (Phi) is 23.7. The summed E-state index contributed by atoms with van der Waals surface area (Å²) >= 11 is 0. The number of aromatic amines is 1. The van der Waals surface area contributed by atoms with Crippen molar-refractivity contribution in [3.63, 3.8) is 0 Å². The molecule has 6 amide bonds. The first-order chi connectivity index (χ1) is 36.4. The molecule has 7 atom stereocenters. The van der Waals surface area contributed by atoms with E-state index in [1.165, 1.54) is 24.8 Å². The number of nitrogens with one attached hydrogen (secondary N) is 7. The van der Waals surface area contributed by atoms with Crippen LogP contribution in [0.4, 0.5) is 30.2 Å². The standard InChI is InChI=1S/C46H65N13O12.C2HF3O2/c1-24(2)19-33(56-44(65)37-14-10-18-57(37)36-16-15-29(58(68)69)22-38(36)59(70)71)41(62)51-27(6)40(61)54-34(20-25(3)4)43(64)55-35(21-28-23-50-31-12-8-7-11-30(28)31)42(63)52-26(5)39(60)53-32(45(66)67)13-9-17-49-46(47)48;3-2(4,5)1(6)7/h7-8,11-12,15-16,22-27,32-35,37,50H,9-10,13-14,17-21H2,1-6H3,(H,51,62)(H,52,63)(H,53,60)(H,54,61)(H,55,64)(H,56,65)(H,66,67)(H4,47,48,49);(H,6,7)/t26-,27-,32-,33-,34-,35-,37-;/m0./s1. The summed E-state index contributed by atoms with van der Waals surface area (Å²) in [5.74, 6) is -9.01. The lowest BCUT2D eigenvalue weighted by atomic mass is 10.00. The fourth-order valence-electron chi connectivity index (χ4n) is 8.13. The topological polar surface area (TPSA) is 419 Å². The Labute approximate surface area is 444 Å². The largest absolute Gasteiger partial charge is 0.490 e. The number of nitro groups is 2. The zero-order chi connectivity index (χ0) is 58.8. The number of aromatic nitrogens is 1. The molecule has 4 rings (SSSR count). The maximum Gasteiger partial charge on any atom is 0.490 e. The number of carbonyl (C=O) groups excluding carboxylic acids is 6. The summed E-state index contributed by atoms with van der Waals surface area (Å²) in [6, 6.07) is 1.89. The minimum atomic E-state index is -5.08. The van der Waals surface area contributed by atoms with Gasteiger partial charge in [0.2, 0.25) is 35.4 Å². The Morgan fingerprint density at radius 3 is 1.81 bits per heavy atom. The summed E-state index contributed by atoms with van der Waals surface area (Å²) in [5, 5.41) is 56.6. The molecular weight excluding hydrogens is 1040 g/mol. The van der Waals surface area contributed by atoms with Gasteiger partial charge < -0.3 is 63.5 Å². The van der Waals surface area contributed by atoms with Gasteiger partial charge >= 0.3 is 18.1 Å². The van der Waals surface area contributed by atoms with Gasteiger partial charge in [0.15, 0.2) is 5.96 Å². The third-order valence-electron chi connectivity index (χ3n) is 11.9. The predicted octanol–water partition coefficient (Wildman–Crippen LogP) is 2.01. The van der Waals surface area contributed by atoms with Crippen molar-refractivity contribution in [3.8, 4) is 0 Å². The fourth-order valence-corrected chi connectivity index (χ4v) is 8.13. The summed E-state index contributed by atoms with van der Waals surface area (Å²) < 4.78 is 31.7. The minimum Gasteiger partial charge on any atom is -0.480 e. The van der Waals surface area contributed by atoms with Crippen molar-refractivity contribution in [3.05, 3.63) is 74.5 Å². The van der Waals surface area contributed by atoms with Crippen molar-refractivity contribution in [2.24, 2.45) is 28.3 Å². The first kappa shape index (κ1) is 63.7. The number of alkyl halides is 3. The normalized spacial score (nSPS) is 15.5. The number of amides is 6. The van der Waals surface area contributed by atoms with Crippen LogP contribution in [0.25, 0.3) is 10.9 Å². The maximum atomic E-state index is 14.2. The highest BCUT2D eigenvalue weighted by Crippen LogP contribution is 2.36. The first-order valence-electron chi connectivity index (χ1n) is 24.6. The average Bonchev–Trinajstić information content (AvgIpc) is 4.03. The van der Waals surface area contributed by atoms with Crippen LogP contribution >= 0.6 is 0 Å². The number of benzene rings is 2. The van der Waals surface area contributed by atoms with Crippen LogP contribution in [0.3, 0.4) is 0 Å². The molecule has 13 N–H and O–H groups in total. The highest BCUT2D eigenvalue weighted by molar-refractivity contribution is 5.98. The van der Waals surface area contributed by atoms with Gasteiger partial charge in [0.25, 0.3) is 11.4 Å². The molecule has 0 spiro atoms. The van der Waals surface area contributed by atoms with Crippen molar-refractivity contribution >= 4 is 81.3 Å². The molecule has 1 aliphatic rings. The Hall–Kier alpha value is -8.60. The number of aliphatic imine (C=N–C) groups is 1. The second-order valence-electron chi connectivity index (χ2n) is 19.2. The Bertz CT molecular complexity index is 2700. The molecule has 1 aliphatic heterocycles. The van der Waals surface area contributed by atoms with Crippen LogP contribution < -0.4 is 48.3 Å². The summed E-state index contributed by atoms with van der Waals surface area (Å²) in [5.41, 5.74) is 11.0. The Morgan fingerprint density at radius 2 is 1.28 bits per heavy atom. The molecule has 27 nitrogen and oxygen atoms in total. The van der Waals surface area contributed by atoms with Crippen LogP contribution in [-0.4, -0.2) is 140 Å². The zero-order valence-electron chi connectivity index (χ0n) is 43.5. The molecule has 2 heterocycles. The average molecular weight is 1110 g/mol. The molecule has 0 unspecified atom stereocenters. The third kappa shape index (κ3) is 19.5. The zero-order valence-corrected chi connectivity index (χ0v) is 43.5. The second-order valence-corrected chi connectivity index (χ2v) is 19.2. The summed E-state index contributed by atoms with van der Waals surface area (Å²) in [6.45, 7) is 10.3. The molecule has 0 bridgehead atoms. The number of para-hydroxylation sites is 1. The number of rotatable bonds is 26. The van der Waals surface area contributed by atoms with E-state index in [0.29, 0.717) is 12.0 Å². The number of carbonyl (C=O) groups is 8. The molecule has 1 aromatic heterocycles. The minimum absolute atomic E-state index is 0.00969. The number of aliphatic carboxylic acids is 2. The molecule has 3 aromatic rings. The lowest BCUT2D eigenvalue weighted by Crippen LogP contribution is -2.59. The number of hydrogen-bond donors (Lipinski definition) is 11. The van der Waals surface area contributed by atoms with E-state index >= 15 is 0 Å². The number of non-ortho nitro benzene ring substituents is 1. The lowest BCUT2D eigenvalue weighted by molar-refractivity contribution is -0.393. The number of fused-ring (bicyclic) bond motifs is 1. The van der Waals surface area contributed by atoms with Gasteiger partial charge in [-0.05, 0) is 81.9 Å². The predicted molar refractivity (Wildman–Crippen MR) is 275 cm³/mol. The quantitative estimate of drug-likeness (QED) is 0.0180.